The third-order valence-corrected chi connectivity index (χ3v) is 8.53. The first kappa shape index (κ1) is 27.7. The lowest BCUT2D eigenvalue weighted by atomic mass is 9.71. The number of methoxy groups -OCH3 is 1. The Balaban J connectivity index is 1.60. The van der Waals surface area contributed by atoms with Gasteiger partial charge >= 0.3 is 5.97 Å². The number of carbonyl (C=O) groups is 3. The predicted octanol–water partition coefficient (Wildman–Crippen LogP) is 6.84. The van der Waals surface area contributed by atoms with E-state index in [1.807, 2.05) is 6.07 Å². The molecule has 0 unspecified atom stereocenters. The minimum atomic E-state index is -1.00. The minimum absolute atomic E-state index is 0.0608. The Hall–Kier alpha value is -2.81. The second-order valence-electron chi connectivity index (χ2n) is 9.75. The fourth-order valence-electron chi connectivity index (χ4n) is 5.71. The first-order chi connectivity index (χ1) is 18.7. The molecule has 204 valence electrons. The maximum atomic E-state index is 13.4. The number of hydrogen-bond donors (Lipinski definition) is 1. The zero-order valence-electron chi connectivity index (χ0n) is 21.2. The first-order valence-corrected chi connectivity index (χ1v) is 14.2. The lowest BCUT2D eigenvalue weighted by Crippen LogP contribution is -2.41. The number of benzene rings is 2. The molecule has 10 heteroatoms. The summed E-state index contributed by atoms with van der Waals surface area (Å²) >= 11 is 15.9. The van der Waals surface area contributed by atoms with E-state index in [1.54, 1.807) is 29.2 Å². The normalized spacial score (nSPS) is 17.8. The fourth-order valence-corrected chi connectivity index (χ4v) is 6.75. The highest BCUT2D eigenvalue weighted by molar-refractivity contribution is 9.10. The zero-order valence-corrected chi connectivity index (χ0v) is 24.3. The quantitative estimate of drug-likeness (QED) is 0.356. The Morgan fingerprint density at radius 3 is 2.23 bits per heavy atom. The number of ether oxygens (including phenoxy) is 2. The van der Waals surface area contributed by atoms with Crippen LogP contribution in [0, 0.1) is 0 Å². The van der Waals surface area contributed by atoms with E-state index in [-0.39, 0.29) is 24.7 Å². The summed E-state index contributed by atoms with van der Waals surface area (Å²) in [6.45, 7) is -0.114. The molecule has 0 saturated heterocycles. The Morgan fingerprint density at radius 2 is 1.67 bits per heavy atom. The topological polar surface area (TPSA) is 93.1 Å². The van der Waals surface area contributed by atoms with Crippen molar-refractivity contribution in [2.75, 3.05) is 13.7 Å². The molecule has 0 saturated carbocycles. The van der Waals surface area contributed by atoms with Gasteiger partial charge in [0.1, 0.15) is 13.2 Å². The minimum Gasteiger partial charge on any atom is -0.493 e. The lowest BCUT2D eigenvalue weighted by Gasteiger charge is -2.43. The molecule has 0 spiro atoms. The Morgan fingerprint density at radius 1 is 1.03 bits per heavy atom. The van der Waals surface area contributed by atoms with E-state index in [9.17, 15) is 19.5 Å². The second kappa shape index (κ2) is 11.4. The molecule has 7 nitrogen and oxygen atoms in total. The lowest BCUT2D eigenvalue weighted by molar-refractivity contribution is -0.138. The number of rotatable bonds is 7. The van der Waals surface area contributed by atoms with Crippen molar-refractivity contribution in [1.82, 2.24) is 4.90 Å². The van der Waals surface area contributed by atoms with Gasteiger partial charge < -0.3 is 19.5 Å². The van der Waals surface area contributed by atoms with Crippen molar-refractivity contribution >= 4 is 56.7 Å². The molecule has 1 aliphatic heterocycles. The summed E-state index contributed by atoms with van der Waals surface area (Å²) in [5, 5.41) is 10.7. The molecule has 39 heavy (non-hydrogen) atoms. The van der Waals surface area contributed by atoms with Crippen molar-refractivity contribution in [3.8, 4) is 11.5 Å². The number of hydrogen-bond acceptors (Lipinski definition) is 6. The van der Waals surface area contributed by atoms with Crippen LogP contribution >= 0.6 is 39.1 Å². The van der Waals surface area contributed by atoms with E-state index in [2.05, 4.69) is 15.9 Å². The summed E-state index contributed by atoms with van der Waals surface area (Å²) in [5.74, 6) is -0.860. The van der Waals surface area contributed by atoms with Gasteiger partial charge in [-0.3, -0.25) is 14.4 Å². The summed E-state index contributed by atoms with van der Waals surface area (Å²) < 4.78 is 12.4. The van der Waals surface area contributed by atoms with Gasteiger partial charge in [-0.05, 0) is 71.4 Å². The molecule has 0 amide bonds. The van der Waals surface area contributed by atoms with Gasteiger partial charge in [-0.2, -0.15) is 0 Å². The number of aliphatic carboxylic acids is 1. The Bertz CT molecular complexity index is 1410. The molecule has 0 bridgehead atoms. The molecule has 0 radical (unpaired) electrons. The highest BCUT2D eigenvalue weighted by Crippen LogP contribution is 2.51. The molecule has 1 heterocycles. The predicted molar refractivity (Wildman–Crippen MR) is 150 cm³/mol. The van der Waals surface area contributed by atoms with Crippen LogP contribution in [0.1, 0.15) is 55.6 Å². The van der Waals surface area contributed by atoms with Gasteiger partial charge in [0.25, 0.3) is 0 Å². The summed E-state index contributed by atoms with van der Waals surface area (Å²) in [7, 11) is 1.52. The number of nitrogens with zero attached hydrogens (tertiary/aromatic N) is 1. The van der Waals surface area contributed by atoms with E-state index < -0.39 is 11.9 Å². The van der Waals surface area contributed by atoms with Crippen LogP contribution in [0.3, 0.4) is 0 Å². The summed E-state index contributed by atoms with van der Waals surface area (Å²) in [6.07, 6.45) is 3.16. The van der Waals surface area contributed by atoms with E-state index in [0.717, 1.165) is 5.56 Å². The molecule has 2 aliphatic carbocycles. The average molecular weight is 635 g/mol. The van der Waals surface area contributed by atoms with Gasteiger partial charge in [0, 0.05) is 56.9 Å². The Labute approximate surface area is 244 Å². The third-order valence-electron chi connectivity index (χ3n) is 7.35. The van der Waals surface area contributed by atoms with Crippen LogP contribution in [0.2, 0.25) is 10.0 Å². The molecule has 0 atom stereocenters. The van der Waals surface area contributed by atoms with Crippen molar-refractivity contribution in [2.24, 2.45) is 0 Å². The van der Waals surface area contributed by atoms with E-state index in [1.165, 1.54) is 7.11 Å². The van der Waals surface area contributed by atoms with Crippen molar-refractivity contribution in [2.45, 2.75) is 51.0 Å². The highest BCUT2D eigenvalue weighted by atomic mass is 79.9. The number of ketones is 2. The summed E-state index contributed by atoms with van der Waals surface area (Å²) in [6, 6.07) is 8.80. The van der Waals surface area contributed by atoms with Gasteiger partial charge in [-0.25, -0.2) is 0 Å². The highest BCUT2D eigenvalue weighted by Gasteiger charge is 2.44. The monoisotopic (exact) mass is 633 g/mol. The van der Waals surface area contributed by atoms with E-state index >= 15 is 0 Å². The maximum absolute atomic E-state index is 13.4. The standard InChI is InChI=1S/C29H26BrCl2NO6/c1-38-24-11-16(10-18(30)29(24)39-14-15-8-9-17(31)12-19(15)32)26-27-20(4-2-6-22(27)34)33(13-25(36)37)21-5-3-7-23(35)28(21)26/h8-12,26H,2-7,13-14H2,1H3,(H,36,37). The third kappa shape index (κ3) is 5.34. The SMILES string of the molecule is COc1cc(C2C3=C(CCCC3=O)N(CC(=O)O)C3=C2C(=O)CCC3)cc(Br)c1OCc1ccc(Cl)cc1Cl. The van der Waals surface area contributed by atoms with Gasteiger partial charge in [-0.15, -0.1) is 0 Å². The van der Waals surface area contributed by atoms with Crippen molar-refractivity contribution in [3.63, 3.8) is 0 Å². The largest absolute Gasteiger partial charge is 0.493 e. The van der Waals surface area contributed by atoms with Crippen molar-refractivity contribution < 1.29 is 29.0 Å². The first-order valence-electron chi connectivity index (χ1n) is 12.7. The number of carboxylic acid groups (broad SMARTS) is 1. The average Bonchev–Trinajstić information content (AvgIpc) is 2.89. The van der Waals surface area contributed by atoms with Crippen LogP contribution in [0.5, 0.6) is 11.5 Å². The number of carbonyl (C=O) groups excluding carboxylic acids is 2. The van der Waals surface area contributed by atoms with Crippen LogP contribution in [0.15, 0.2) is 57.3 Å². The molecule has 0 fully saturated rings. The van der Waals surface area contributed by atoms with Crippen LogP contribution in [0.25, 0.3) is 0 Å². The van der Waals surface area contributed by atoms with Gasteiger partial charge in [0.2, 0.25) is 0 Å². The number of allylic oxidation sites excluding steroid dienone is 4. The molecule has 5 rings (SSSR count). The molecule has 1 N–H and O–H groups in total. The van der Waals surface area contributed by atoms with Crippen LogP contribution in [-0.2, 0) is 21.0 Å². The number of carboxylic acids is 1. The second-order valence-corrected chi connectivity index (χ2v) is 11.4. The van der Waals surface area contributed by atoms with Crippen LogP contribution in [0.4, 0.5) is 0 Å². The van der Waals surface area contributed by atoms with Crippen molar-refractivity contribution in [3.05, 3.63) is 78.5 Å². The molecule has 3 aliphatic rings. The van der Waals surface area contributed by atoms with Crippen molar-refractivity contribution in [1.29, 1.82) is 0 Å². The van der Waals surface area contributed by atoms with Gasteiger partial charge in [-0.1, -0.05) is 29.3 Å². The van der Waals surface area contributed by atoms with E-state index in [0.29, 0.717) is 92.6 Å². The maximum Gasteiger partial charge on any atom is 0.323 e. The molecule has 2 aromatic carbocycles. The number of Topliss-reactive ketones (excluding diaryl/α,β-unsaturated/α-hetero) is 2. The van der Waals surface area contributed by atoms with Gasteiger partial charge in [0.15, 0.2) is 23.1 Å². The van der Waals surface area contributed by atoms with Crippen LogP contribution in [-0.4, -0.2) is 41.2 Å². The zero-order chi connectivity index (χ0) is 27.8. The molecular weight excluding hydrogens is 609 g/mol. The molecule has 2 aromatic rings. The summed E-state index contributed by atoms with van der Waals surface area (Å²) in [5.41, 5.74) is 3.88. The summed E-state index contributed by atoms with van der Waals surface area (Å²) in [4.78, 5) is 40.3. The smallest absolute Gasteiger partial charge is 0.323 e. The van der Waals surface area contributed by atoms with Gasteiger partial charge in [0.05, 0.1) is 11.6 Å². The van der Waals surface area contributed by atoms with Crippen LogP contribution < -0.4 is 9.47 Å². The fraction of sp³-hybridized carbons (Fsp3) is 0.345. The molecule has 0 aromatic heterocycles. The molecular formula is C29H26BrCl2NO6. The van der Waals surface area contributed by atoms with E-state index in [4.69, 9.17) is 32.7 Å². The number of halogens is 3. The Kier molecular flexibility index (Phi) is 8.08.